The number of rotatable bonds is 16. The monoisotopic (exact) mass is 788 g/mol. The van der Waals surface area contributed by atoms with Crippen LogP contribution in [0, 0.1) is 0 Å². The van der Waals surface area contributed by atoms with Gasteiger partial charge in [-0.3, -0.25) is 18.5 Å². The maximum absolute atomic E-state index is 13.7. The Labute approximate surface area is 298 Å². The van der Waals surface area contributed by atoms with Gasteiger partial charge in [-0.05, 0) is 78.3 Å². The molecule has 0 radical (unpaired) electrons. The molecule has 1 aliphatic rings. The SMILES string of the molecule is CC(C)(C)OP(=O)(OCCN1CCN(CCC(CSc2ccccc2)Nc2ccc(S(N)(=O)=O)cc2S(=O)(=O)C(F)(F)F)CC1)OC(C)(C)C. The Morgan fingerprint density at radius 2 is 1.42 bits per heavy atom. The first kappa shape index (κ1) is 42.7. The molecule has 0 amide bonds. The molecule has 50 heavy (non-hydrogen) atoms. The van der Waals surface area contributed by atoms with Gasteiger partial charge in [0.2, 0.25) is 10.0 Å². The summed E-state index contributed by atoms with van der Waals surface area (Å²) in [6.07, 6.45) is 0.433. The third-order valence-electron chi connectivity index (χ3n) is 7.12. The van der Waals surface area contributed by atoms with E-state index in [1.54, 1.807) is 41.5 Å². The van der Waals surface area contributed by atoms with Crippen LogP contribution in [0.4, 0.5) is 18.9 Å². The number of sulfone groups is 1. The van der Waals surface area contributed by atoms with Crippen LogP contribution in [0.3, 0.4) is 0 Å². The van der Waals surface area contributed by atoms with Crippen molar-refractivity contribution in [2.75, 3.05) is 56.9 Å². The van der Waals surface area contributed by atoms with E-state index >= 15 is 0 Å². The predicted molar refractivity (Wildman–Crippen MR) is 188 cm³/mol. The zero-order valence-electron chi connectivity index (χ0n) is 29.1. The van der Waals surface area contributed by atoms with E-state index in [1.807, 2.05) is 30.3 Å². The number of anilines is 1. The topological polar surface area (TPSA) is 158 Å². The van der Waals surface area contributed by atoms with Crippen LogP contribution in [0.2, 0.25) is 0 Å². The third-order valence-corrected chi connectivity index (χ3v) is 12.8. The number of piperazine rings is 1. The lowest BCUT2D eigenvalue weighted by atomic mass is 10.2. The van der Waals surface area contributed by atoms with Crippen molar-refractivity contribution in [2.24, 2.45) is 5.14 Å². The Kier molecular flexibility index (Phi) is 14.5. The van der Waals surface area contributed by atoms with Gasteiger partial charge in [-0.1, -0.05) is 18.2 Å². The normalized spacial score (nSPS) is 16.8. The average molecular weight is 789 g/mol. The average Bonchev–Trinajstić information content (AvgIpc) is 2.96. The molecule has 19 heteroatoms. The quantitative estimate of drug-likeness (QED) is 0.152. The van der Waals surface area contributed by atoms with Crippen LogP contribution >= 0.6 is 19.6 Å². The maximum Gasteiger partial charge on any atom is 0.501 e. The lowest BCUT2D eigenvalue weighted by Gasteiger charge is -2.36. The van der Waals surface area contributed by atoms with Crippen molar-refractivity contribution in [2.45, 2.75) is 85.4 Å². The summed E-state index contributed by atoms with van der Waals surface area (Å²) in [6.45, 7) is 14.4. The van der Waals surface area contributed by atoms with Crippen LogP contribution in [-0.4, -0.2) is 101 Å². The van der Waals surface area contributed by atoms with Crippen LogP contribution in [0.5, 0.6) is 0 Å². The standard InChI is InChI=1S/C31H48F3N4O8PS3/c1-29(2,3)45-47(39,46-30(4,5)6)44-21-20-38-18-16-37(17-19-38)15-14-24(23-48-25-10-8-7-9-11-25)36-27-13-12-26(50(35,42)43)22-28(27)49(40,41)31(32,33)34/h7-13,22,24,36H,14-21,23H2,1-6H3,(H2,35,42,43). The Morgan fingerprint density at radius 1 is 0.880 bits per heavy atom. The number of nitrogens with one attached hydrogen (secondary N) is 1. The fraction of sp³-hybridized carbons (Fsp3) is 0.613. The first-order chi connectivity index (χ1) is 22.9. The number of phosphoric acid groups is 1. The first-order valence-corrected chi connectivity index (χ1v) is 21.4. The van der Waals surface area contributed by atoms with Gasteiger partial charge in [-0.2, -0.15) is 13.2 Å². The largest absolute Gasteiger partial charge is 0.501 e. The van der Waals surface area contributed by atoms with Gasteiger partial charge in [0.1, 0.15) is 4.90 Å². The molecule has 0 aromatic heterocycles. The number of nitrogens with zero attached hydrogens (tertiary/aromatic N) is 2. The van der Waals surface area contributed by atoms with E-state index < -0.39 is 60.2 Å². The highest BCUT2D eigenvalue weighted by atomic mass is 32.2. The lowest BCUT2D eigenvalue weighted by molar-refractivity contribution is -0.0436. The number of hydrogen-bond acceptors (Lipinski definition) is 12. The van der Waals surface area contributed by atoms with Crippen molar-refractivity contribution >= 4 is 45.1 Å². The summed E-state index contributed by atoms with van der Waals surface area (Å²) in [4.78, 5) is 3.28. The number of nitrogens with two attached hydrogens (primary N) is 1. The number of primary sulfonamides is 1. The summed E-state index contributed by atoms with van der Waals surface area (Å²) < 4.78 is 120. The highest BCUT2D eigenvalue weighted by molar-refractivity contribution is 7.99. The molecule has 3 rings (SSSR count). The van der Waals surface area contributed by atoms with Crippen molar-refractivity contribution in [3.63, 3.8) is 0 Å². The second-order valence-electron chi connectivity index (χ2n) is 13.8. The highest BCUT2D eigenvalue weighted by Crippen LogP contribution is 2.55. The van der Waals surface area contributed by atoms with Crippen LogP contribution < -0.4 is 10.5 Å². The molecule has 1 heterocycles. The molecule has 1 saturated heterocycles. The van der Waals surface area contributed by atoms with Crippen LogP contribution in [0.15, 0.2) is 63.2 Å². The highest BCUT2D eigenvalue weighted by Gasteiger charge is 2.48. The second kappa shape index (κ2) is 16.9. The zero-order chi connectivity index (χ0) is 37.6. The second-order valence-corrected chi connectivity index (χ2v) is 19.9. The molecule has 0 spiro atoms. The van der Waals surface area contributed by atoms with E-state index in [2.05, 4.69) is 15.1 Å². The molecule has 1 aliphatic heterocycles. The lowest BCUT2D eigenvalue weighted by Crippen LogP contribution is -2.48. The molecule has 2 aromatic rings. The third kappa shape index (κ3) is 13.7. The molecule has 0 aliphatic carbocycles. The molecular weight excluding hydrogens is 741 g/mol. The molecular formula is C31H48F3N4O8PS3. The minimum Gasteiger partial charge on any atom is -0.380 e. The summed E-state index contributed by atoms with van der Waals surface area (Å²) in [5.41, 5.74) is -7.54. The summed E-state index contributed by atoms with van der Waals surface area (Å²) in [6, 6.07) is 11.2. The van der Waals surface area contributed by atoms with Gasteiger partial charge in [0.15, 0.2) is 0 Å². The van der Waals surface area contributed by atoms with Gasteiger partial charge in [0.25, 0.3) is 9.84 Å². The summed E-state index contributed by atoms with van der Waals surface area (Å²) in [5, 5.41) is 8.06. The first-order valence-electron chi connectivity index (χ1n) is 15.9. The predicted octanol–water partition coefficient (Wildman–Crippen LogP) is 5.96. The molecule has 0 saturated carbocycles. The van der Waals surface area contributed by atoms with E-state index in [4.69, 9.17) is 18.7 Å². The smallest absolute Gasteiger partial charge is 0.380 e. The number of halogens is 3. The van der Waals surface area contributed by atoms with E-state index in [1.165, 1.54) is 11.8 Å². The summed E-state index contributed by atoms with van der Waals surface area (Å²) in [5.74, 6) is 0.372. The van der Waals surface area contributed by atoms with Crippen LogP contribution in [0.1, 0.15) is 48.0 Å². The number of thioether (sulfide) groups is 1. The maximum atomic E-state index is 13.7. The Bertz CT molecular complexity index is 1660. The number of phosphoric ester groups is 1. The van der Waals surface area contributed by atoms with Crippen LogP contribution in [-0.2, 0) is 38.0 Å². The molecule has 0 bridgehead atoms. The van der Waals surface area contributed by atoms with Crippen LogP contribution in [0.25, 0.3) is 0 Å². The molecule has 1 fully saturated rings. The van der Waals surface area contributed by atoms with Gasteiger partial charge in [-0.25, -0.2) is 26.5 Å². The Balaban J connectivity index is 1.68. The van der Waals surface area contributed by atoms with Gasteiger partial charge < -0.3 is 10.2 Å². The summed E-state index contributed by atoms with van der Waals surface area (Å²) in [7, 11) is -14.3. The fourth-order valence-electron chi connectivity index (χ4n) is 4.88. The van der Waals surface area contributed by atoms with Crippen molar-refractivity contribution in [1.29, 1.82) is 0 Å². The van der Waals surface area contributed by atoms with Gasteiger partial charge in [0.05, 0.1) is 28.4 Å². The fourth-order valence-corrected chi connectivity index (χ4v) is 9.22. The van der Waals surface area contributed by atoms with Crippen molar-refractivity contribution in [3.8, 4) is 0 Å². The van der Waals surface area contributed by atoms with Gasteiger partial charge in [0, 0.05) is 56.0 Å². The number of alkyl halides is 3. The molecule has 2 aromatic carbocycles. The zero-order valence-corrected chi connectivity index (χ0v) is 32.4. The Hall–Kier alpha value is -1.73. The molecule has 284 valence electrons. The molecule has 3 N–H and O–H groups in total. The van der Waals surface area contributed by atoms with Crippen molar-refractivity contribution < 1.29 is 48.1 Å². The molecule has 1 atom stereocenters. The van der Waals surface area contributed by atoms with Gasteiger partial charge in [-0.15, -0.1) is 11.8 Å². The minimum absolute atomic E-state index is 0.125. The van der Waals surface area contributed by atoms with E-state index in [0.29, 0.717) is 57.5 Å². The van der Waals surface area contributed by atoms with E-state index in [-0.39, 0.29) is 12.3 Å². The number of benzene rings is 2. The van der Waals surface area contributed by atoms with E-state index in [9.17, 15) is 34.6 Å². The van der Waals surface area contributed by atoms with Crippen molar-refractivity contribution in [1.82, 2.24) is 9.80 Å². The number of hydrogen-bond donors (Lipinski definition) is 2. The van der Waals surface area contributed by atoms with Crippen molar-refractivity contribution in [3.05, 3.63) is 48.5 Å². The van der Waals surface area contributed by atoms with E-state index in [0.717, 1.165) is 17.0 Å². The minimum atomic E-state index is -5.93. The summed E-state index contributed by atoms with van der Waals surface area (Å²) >= 11 is 1.44. The van der Waals surface area contributed by atoms with Gasteiger partial charge >= 0.3 is 13.3 Å². The molecule has 1 unspecified atom stereocenters. The Morgan fingerprint density at radius 3 is 1.92 bits per heavy atom. The molecule has 12 nitrogen and oxygen atoms in total. The number of sulfonamides is 1.